The molecule has 0 bridgehead atoms. The van der Waals surface area contributed by atoms with Gasteiger partial charge in [0.2, 0.25) is 4.96 Å². The molecule has 1 N–H and O–H groups in total. The molecule has 4 aromatic rings. The lowest BCUT2D eigenvalue weighted by molar-refractivity contribution is 0.142. The molecular formula is C25H26N6O4S. The van der Waals surface area contributed by atoms with Crippen molar-refractivity contribution >= 4 is 28.0 Å². The lowest BCUT2D eigenvalue weighted by Crippen LogP contribution is -2.49. The molecule has 0 unspecified atom stereocenters. The summed E-state index contributed by atoms with van der Waals surface area (Å²) >= 11 is 1.39. The number of fused-ring (bicyclic) bond motifs is 1. The van der Waals surface area contributed by atoms with Crippen LogP contribution in [0.2, 0.25) is 0 Å². The van der Waals surface area contributed by atoms with Gasteiger partial charge in [-0.05, 0) is 0 Å². The fourth-order valence-corrected chi connectivity index (χ4v) is 4.98. The monoisotopic (exact) mass is 506 g/mol. The van der Waals surface area contributed by atoms with E-state index in [2.05, 4.69) is 20.3 Å². The van der Waals surface area contributed by atoms with Crippen molar-refractivity contribution in [3.8, 4) is 22.1 Å². The van der Waals surface area contributed by atoms with Crippen molar-refractivity contribution in [1.82, 2.24) is 24.4 Å². The van der Waals surface area contributed by atoms with E-state index in [1.165, 1.54) is 21.9 Å². The molecule has 0 saturated carbocycles. The van der Waals surface area contributed by atoms with E-state index in [-0.39, 0.29) is 11.6 Å². The molecule has 5 rings (SSSR count). The SMILES string of the molecule is COc1cc(NC(=O)N2CCN(Cc3cc(=O)n4nc(-c5ccccc5)sc4n3)CC2)cc(OC)c1. The molecule has 0 aliphatic carbocycles. The number of anilines is 1. The Bertz CT molecular complexity index is 1410. The molecule has 11 heteroatoms. The number of nitrogens with zero attached hydrogens (tertiary/aromatic N) is 5. The summed E-state index contributed by atoms with van der Waals surface area (Å²) in [5.74, 6) is 1.21. The predicted octanol–water partition coefficient (Wildman–Crippen LogP) is 3.18. The predicted molar refractivity (Wildman–Crippen MR) is 138 cm³/mol. The van der Waals surface area contributed by atoms with Gasteiger partial charge in [-0.2, -0.15) is 9.61 Å². The summed E-state index contributed by atoms with van der Waals surface area (Å²) in [5.41, 5.74) is 2.07. The Labute approximate surface area is 211 Å². The van der Waals surface area contributed by atoms with E-state index < -0.39 is 0 Å². The van der Waals surface area contributed by atoms with Crippen LogP contribution in [0.3, 0.4) is 0 Å². The average molecular weight is 507 g/mol. The highest BCUT2D eigenvalue weighted by molar-refractivity contribution is 7.19. The Morgan fingerprint density at radius 2 is 1.69 bits per heavy atom. The van der Waals surface area contributed by atoms with Crippen LogP contribution < -0.4 is 20.3 Å². The fraction of sp³-hybridized carbons (Fsp3) is 0.280. The molecule has 2 amide bonds. The number of amides is 2. The van der Waals surface area contributed by atoms with Crippen LogP contribution in [0.4, 0.5) is 10.5 Å². The molecule has 186 valence electrons. The highest BCUT2D eigenvalue weighted by Gasteiger charge is 2.22. The highest BCUT2D eigenvalue weighted by Crippen LogP contribution is 2.26. The van der Waals surface area contributed by atoms with Gasteiger partial charge in [0.1, 0.15) is 16.5 Å². The lowest BCUT2D eigenvalue weighted by Gasteiger charge is -2.34. The number of piperazine rings is 1. The molecule has 1 fully saturated rings. The topological polar surface area (TPSA) is 101 Å². The molecule has 36 heavy (non-hydrogen) atoms. The first kappa shape index (κ1) is 23.8. The molecule has 2 aromatic heterocycles. The number of ether oxygens (including phenoxy) is 2. The minimum absolute atomic E-state index is 0.180. The number of hydrogen-bond donors (Lipinski definition) is 1. The average Bonchev–Trinajstić information content (AvgIpc) is 3.34. The standard InChI is InChI=1S/C25H26N6O4S/c1-34-20-12-18(13-21(15-20)35-2)26-24(33)30-10-8-29(9-11-30)16-19-14-22(32)31-25(27-19)36-23(28-31)17-6-4-3-5-7-17/h3-7,12-15H,8-11,16H2,1-2H3,(H,26,33). The molecule has 10 nitrogen and oxygen atoms in total. The van der Waals surface area contributed by atoms with E-state index in [0.29, 0.717) is 60.6 Å². The van der Waals surface area contributed by atoms with Crippen molar-refractivity contribution in [3.63, 3.8) is 0 Å². The van der Waals surface area contributed by atoms with Crippen LogP contribution in [0.5, 0.6) is 11.5 Å². The van der Waals surface area contributed by atoms with Crippen LogP contribution in [0.25, 0.3) is 15.5 Å². The maximum atomic E-state index is 12.8. The first-order valence-electron chi connectivity index (χ1n) is 11.5. The number of carbonyl (C=O) groups excluding carboxylic acids is 1. The number of benzene rings is 2. The molecule has 3 heterocycles. The van der Waals surface area contributed by atoms with Crippen molar-refractivity contribution < 1.29 is 14.3 Å². The van der Waals surface area contributed by atoms with Crippen molar-refractivity contribution in [3.05, 3.63) is 70.6 Å². The van der Waals surface area contributed by atoms with Crippen molar-refractivity contribution in [2.45, 2.75) is 6.54 Å². The summed E-state index contributed by atoms with van der Waals surface area (Å²) in [5, 5.41) is 8.11. The quantitative estimate of drug-likeness (QED) is 0.429. The van der Waals surface area contributed by atoms with Crippen molar-refractivity contribution in [2.75, 3.05) is 45.7 Å². The first-order valence-corrected chi connectivity index (χ1v) is 12.3. The normalized spacial score (nSPS) is 14.1. The minimum Gasteiger partial charge on any atom is -0.497 e. The third-order valence-corrected chi connectivity index (χ3v) is 6.92. The van der Waals surface area contributed by atoms with Gasteiger partial charge in [0, 0.05) is 68.2 Å². The van der Waals surface area contributed by atoms with Gasteiger partial charge in [0.25, 0.3) is 5.56 Å². The maximum absolute atomic E-state index is 12.8. The first-order chi connectivity index (χ1) is 17.5. The third-order valence-electron chi connectivity index (χ3n) is 5.97. The molecule has 0 atom stereocenters. The van der Waals surface area contributed by atoms with E-state index >= 15 is 0 Å². The number of rotatable bonds is 6. The number of urea groups is 1. The molecule has 0 radical (unpaired) electrons. The number of carbonyl (C=O) groups is 1. The highest BCUT2D eigenvalue weighted by atomic mass is 32.1. The van der Waals surface area contributed by atoms with Gasteiger partial charge in [0.15, 0.2) is 0 Å². The lowest BCUT2D eigenvalue weighted by atomic mass is 10.2. The molecule has 1 saturated heterocycles. The van der Waals surface area contributed by atoms with E-state index in [1.54, 1.807) is 37.3 Å². The molecule has 1 aliphatic rings. The van der Waals surface area contributed by atoms with Crippen LogP contribution in [0.15, 0.2) is 59.4 Å². The Morgan fingerprint density at radius 1 is 1.00 bits per heavy atom. The van der Waals surface area contributed by atoms with Gasteiger partial charge in [-0.25, -0.2) is 9.78 Å². The number of hydrogen-bond acceptors (Lipinski definition) is 8. The Balaban J connectivity index is 1.21. The molecule has 2 aromatic carbocycles. The van der Waals surface area contributed by atoms with Crippen LogP contribution >= 0.6 is 11.3 Å². The van der Waals surface area contributed by atoms with Crippen LogP contribution in [0.1, 0.15) is 5.69 Å². The molecule has 1 aliphatic heterocycles. The summed E-state index contributed by atoms with van der Waals surface area (Å²) < 4.78 is 11.9. The van der Waals surface area contributed by atoms with Crippen LogP contribution in [0, 0.1) is 0 Å². The summed E-state index contributed by atoms with van der Waals surface area (Å²) in [7, 11) is 3.13. The summed E-state index contributed by atoms with van der Waals surface area (Å²) in [6.45, 7) is 3.01. The van der Waals surface area contributed by atoms with Gasteiger partial charge in [0.05, 0.1) is 19.9 Å². The van der Waals surface area contributed by atoms with Gasteiger partial charge in [-0.1, -0.05) is 41.7 Å². The zero-order chi connectivity index (χ0) is 25.1. The molecular weight excluding hydrogens is 480 g/mol. The van der Waals surface area contributed by atoms with E-state index in [4.69, 9.17) is 9.47 Å². The van der Waals surface area contributed by atoms with E-state index in [1.807, 2.05) is 30.3 Å². The van der Waals surface area contributed by atoms with Gasteiger partial charge >= 0.3 is 6.03 Å². The zero-order valence-electron chi connectivity index (χ0n) is 20.0. The zero-order valence-corrected chi connectivity index (χ0v) is 20.8. The van der Waals surface area contributed by atoms with Gasteiger partial charge in [-0.3, -0.25) is 9.69 Å². The summed E-state index contributed by atoms with van der Waals surface area (Å²) in [6.07, 6.45) is 0. The second-order valence-corrected chi connectivity index (χ2v) is 9.30. The number of aromatic nitrogens is 3. The van der Waals surface area contributed by atoms with Gasteiger partial charge < -0.3 is 19.7 Å². The Morgan fingerprint density at radius 3 is 2.36 bits per heavy atom. The summed E-state index contributed by atoms with van der Waals surface area (Å²) in [6, 6.07) is 16.4. The number of methoxy groups -OCH3 is 2. The minimum atomic E-state index is -0.194. The van der Waals surface area contributed by atoms with Crippen LogP contribution in [-0.4, -0.2) is 70.8 Å². The Hall–Kier alpha value is -3.96. The van der Waals surface area contributed by atoms with Gasteiger partial charge in [-0.15, -0.1) is 0 Å². The van der Waals surface area contributed by atoms with E-state index in [9.17, 15) is 9.59 Å². The molecule has 0 spiro atoms. The second-order valence-electron chi connectivity index (χ2n) is 8.35. The maximum Gasteiger partial charge on any atom is 0.321 e. The van der Waals surface area contributed by atoms with Crippen molar-refractivity contribution in [1.29, 1.82) is 0 Å². The third kappa shape index (κ3) is 5.16. The fourth-order valence-electron chi connectivity index (χ4n) is 4.05. The summed E-state index contributed by atoms with van der Waals surface area (Å²) in [4.78, 5) is 34.7. The second kappa shape index (κ2) is 10.3. The number of nitrogens with one attached hydrogen (secondary N) is 1. The van der Waals surface area contributed by atoms with Crippen molar-refractivity contribution in [2.24, 2.45) is 0 Å². The largest absolute Gasteiger partial charge is 0.497 e. The van der Waals surface area contributed by atoms with Crippen LogP contribution in [-0.2, 0) is 6.54 Å². The smallest absolute Gasteiger partial charge is 0.321 e. The Kier molecular flexibility index (Phi) is 6.83. The van der Waals surface area contributed by atoms with E-state index in [0.717, 1.165) is 10.6 Å².